The van der Waals surface area contributed by atoms with E-state index in [-0.39, 0.29) is 0 Å². The topological polar surface area (TPSA) is 12.0 Å². The third-order valence-electron chi connectivity index (χ3n) is 4.35. The van der Waals surface area contributed by atoms with Crippen molar-refractivity contribution in [1.82, 2.24) is 0 Å². The molecule has 23 heavy (non-hydrogen) atoms. The SMILES string of the molecule is C=C(C)c1ccc(Nc2c(C)c(=C)c3ccccc3c2=C)cc1. The summed E-state index contributed by atoms with van der Waals surface area (Å²) in [6.07, 6.45) is 0. The van der Waals surface area contributed by atoms with Crippen LogP contribution in [0.3, 0.4) is 0 Å². The number of rotatable bonds is 3. The Labute approximate surface area is 137 Å². The molecule has 0 unspecified atom stereocenters. The molecular weight excluding hydrogens is 278 g/mol. The summed E-state index contributed by atoms with van der Waals surface area (Å²) in [7, 11) is 0. The van der Waals surface area contributed by atoms with E-state index in [0.29, 0.717) is 0 Å². The van der Waals surface area contributed by atoms with Gasteiger partial charge in [-0.1, -0.05) is 61.7 Å². The van der Waals surface area contributed by atoms with Crippen LogP contribution in [0.5, 0.6) is 0 Å². The van der Waals surface area contributed by atoms with E-state index in [9.17, 15) is 0 Å². The molecule has 3 aromatic rings. The zero-order chi connectivity index (χ0) is 16.6. The summed E-state index contributed by atoms with van der Waals surface area (Å²) in [5, 5.41) is 7.87. The van der Waals surface area contributed by atoms with Crippen molar-refractivity contribution in [2.75, 3.05) is 5.32 Å². The number of fused-ring (bicyclic) bond motifs is 1. The zero-order valence-corrected chi connectivity index (χ0v) is 13.7. The minimum absolute atomic E-state index is 1.01. The summed E-state index contributed by atoms with van der Waals surface area (Å²) in [6.45, 7) is 16.6. The van der Waals surface area contributed by atoms with E-state index in [4.69, 9.17) is 0 Å². The molecule has 0 spiro atoms. The lowest BCUT2D eigenvalue weighted by Crippen LogP contribution is -2.18. The van der Waals surface area contributed by atoms with Gasteiger partial charge in [0.05, 0.1) is 0 Å². The Morgan fingerprint density at radius 2 is 1.43 bits per heavy atom. The smallest absolute Gasteiger partial charge is 0.0493 e. The van der Waals surface area contributed by atoms with Crippen molar-refractivity contribution in [3.05, 3.63) is 76.7 Å². The molecule has 3 rings (SSSR count). The summed E-state index contributed by atoms with van der Waals surface area (Å²) in [5.41, 5.74) is 5.43. The first kappa shape index (κ1) is 15.1. The molecule has 0 aliphatic heterocycles. The standard InChI is InChI=1S/C22H21N/c1-14(2)18-10-12-19(13-11-18)23-22-16(4)15(3)20-8-6-7-9-21(20)17(22)5/h6-13,23H,1,3,5H2,2,4H3. The first-order chi connectivity index (χ1) is 11.0. The van der Waals surface area contributed by atoms with Gasteiger partial charge < -0.3 is 5.32 Å². The monoisotopic (exact) mass is 299 g/mol. The Kier molecular flexibility index (Phi) is 3.79. The van der Waals surface area contributed by atoms with Gasteiger partial charge in [0.1, 0.15) is 0 Å². The van der Waals surface area contributed by atoms with Crippen molar-refractivity contribution in [3.63, 3.8) is 0 Å². The first-order valence-electron chi connectivity index (χ1n) is 7.71. The molecule has 0 bridgehead atoms. The second kappa shape index (κ2) is 5.77. The molecule has 1 heteroatoms. The van der Waals surface area contributed by atoms with E-state index in [1.54, 1.807) is 0 Å². The zero-order valence-electron chi connectivity index (χ0n) is 13.7. The van der Waals surface area contributed by atoms with Gasteiger partial charge in [0.2, 0.25) is 0 Å². The summed E-state index contributed by atoms with van der Waals surface area (Å²) in [5.74, 6) is 0. The van der Waals surface area contributed by atoms with Crippen LogP contribution in [0.25, 0.3) is 29.5 Å². The second-order valence-corrected chi connectivity index (χ2v) is 5.99. The molecule has 0 aliphatic carbocycles. The van der Waals surface area contributed by atoms with Crippen molar-refractivity contribution in [2.24, 2.45) is 0 Å². The highest BCUT2D eigenvalue weighted by molar-refractivity contribution is 5.89. The molecule has 3 aromatic carbocycles. The van der Waals surface area contributed by atoms with Gasteiger partial charge in [-0.3, -0.25) is 0 Å². The van der Waals surface area contributed by atoms with Gasteiger partial charge >= 0.3 is 0 Å². The molecular formula is C22H21N. The molecule has 114 valence electrons. The fraction of sp³-hybridized carbons (Fsp3) is 0.0909. The largest absolute Gasteiger partial charge is 0.355 e. The average Bonchev–Trinajstić information content (AvgIpc) is 2.57. The third kappa shape index (κ3) is 2.66. The first-order valence-corrected chi connectivity index (χ1v) is 7.71. The lowest BCUT2D eigenvalue weighted by molar-refractivity contribution is 1.40. The highest BCUT2D eigenvalue weighted by Gasteiger charge is 2.07. The normalized spacial score (nSPS) is 10.7. The molecule has 0 fully saturated rings. The van der Waals surface area contributed by atoms with Gasteiger partial charge in [-0.2, -0.15) is 0 Å². The molecule has 0 radical (unpaired) electrons. The van der Waals surface area contributed by atoms with E-state index < -0.39 is 0 Å². The van der Waals surface area contributed by atoms with Gasteiger partial charge in [0.25, 0.3) is 0 Å². The minimum Gasteiger partial charge on any atom is -0.355 e. The Balaban J connectivity index is 2.12. The van der Waals surface area contributed by atoms with Crippen molar-refractivity contribution in [1.29, 1.82) is 0 Å². The predicted molar refractivity (Wildman–Crippen MR) is 103 cm³/mol. The van der Waals surface area contributed by atoms with Gasteiger partial charge in [-0.25, -0.2) is 0 Å². The van der Waals surface area contributed by atoms with Crippen LogP contribution in [-0.4, -0.2) is 0 Å². The number of nitrogens with one attached hydrogen (secondary N) is 1. The number of allylic oxidation sites excluding steroid dienone is 1. The maximum absolute atomic E-state index is 4.29. The molecule has 0 aromatic heterocycles. The van der Waals surface area contributed by atoms with Crippen LogP contribution >= 0.6 is 0 Å². The minimum atomic E-state index is 1.01. The quantitative estimate of drug-likeness (QED) is 0.736. The van der Waals surface area contributed by atoms with Crippen LogP contribution in [0.1, 0.15) is 18.1 Å². The Morgan fingerprint density at radius 3 is 2.00 bits per heavy atom. The molecule has 1 N–H and O–H groups in total. The number of anilines is 2. The molecule has 0 aliphatic rings. The number of hydrogen-bond acceptors (Lipinski definition) is 1. The second-order valence-electron chi connectivity index (χ2n) is 5.99. The molecule has 1 nitrogen and oxygen atoms in total. The summed E-state index contributed by atoms with van der Waals surface area (Å²) in [6, 6.07) is 16.6. The van der Waals surface area contributed by atoms with Crippen molar-refractivity contribution < 1.29 is 0 Å². The van der Waals surface area contributed by atoms with Crippen molar-refractivity contribution in [2.45, 2.75) is 13.8 Å². The van der Waals surface area contributed by atoms with Crippen LogP contribution < -0.4 is 15.8 Å². The van der Waals surface area contributed by atoms with Gasteiger partial charge in [-0.05, 0) is 58.3 Å². The fourth-order valence-electron chi connectivity index (χ4n) is 2.87. The summed E-state index contributed by atoms with van der Waals surface area (Å²) >= 11 is 0. The van der Waals surface area contributed by atoms with Crippen LogP contribution in [0.15, 0.2) is 55.1 Å². The van der Waals surface area contributed by atoms with Crippen LogP contribution in [0, 0.1) is 6.92 Å². The van der Waals surface area contributed by atoms with Crippen LogP contribution in [-0.2, 0) is 0 Å². The van der Waals surface area contributed by atoms with E-state index in [1.807, 2.05) is 19.1 Å². The maximum atomic E-state index is 4.29. The molecule has 0 saturated heterocycles. The van der Waals surface area contributed by atoms with E-state index in [1.165, 1.54) is 0 Å². The maximum Gasteiger partial charge on any atom is 0.0493 e. The summed E-state index contributed by atoms with van der Waals surface area (Å²) < 4.78 is 0. The van der Waals surface area contributed by atoms with Gasteiger partial charge in [0.15, 0.2) is 0 Å². The van der Waals surface area contributed by atoms with Gasteiger partial charge in [0, 0.05) is 11.4 Å². The Bertz CT molecular complexity index is 995. The number of benzene rings is 3. The highest BCUT2D eigenvalue weighted by atomic mass is 14.9. The lowest BCUT2D eigenvalue weighted by atomic mass is 10.0. The number of hydrogen-bond donors (Lipinski definition) is 1. The Hall–Kier alpha value is -2.80. The molecule has 0 atom stereocenters. The average molecular weight is 299 g/mol. The summed E-state index contributed by atoms with van der Waals surface area (Å²) in [4.78, 5) is 0. The van der Waals surface area contributed by atoms with Crippen molar-refractivity contribution >= 4 is 40.9 Å². The van der Waals surface area contributed by atoms with E-state index in [0.717, 1.165) is 49.3 Å². The lowest BCUT2D eigenvalue weighted by Gasteiger charge is -2.14. The molecule has 0 heterocycles. The van der Waals surface area contributed by atoms with Crippen molar-refractivity contribution in [3.8, 4) is 0 Å². The van der Waals surface area contributed by atoms with Gasteiger partial charge in [-0.15, -0.1) is 0 Å². The fourth-order valence-corrected chi connectivity index (χ4v) is 2.87. The third-order valence-corrected chi connectivity index (χ3v) is 4.35. The van der Waals surface area contributed by atoms with E-state index >= 15 is 0 Å². The Morgan fingerprint density at radius 1 is 0.870 bits per heavy atom. The molecule has 0 amide bonds. The van der Waals surface area contributed by atoms with Crippen LogP contribution in [0.4, 0.5) is 11.4 Å². The van der Waals surface area contributed by atoms with Crippen LogP contribution in [0.2, 0.25) is 0 Å². The predicted octanol–water partition coefficient (Wildman–Crippen LogP) is 4.75. The van der Waals surface area contributed by atoms with E-state index in [2.05, 4.69) is 68.4 Å². The molecule has 0 saturated carbocycles. The highest BCUT2D eigenvalue weighted by Crippen LogP contribution is 2.20.